The first-order chi connectivity index (χ1) is 8.99. The van der Waals surface area contributed by atoms with Crippen molar-refractivity contribution in [2.75, 3.05) is 5.32 Å². The molecule has 0 saturated heterocycles. The highest BCUT2D eigenvalue weighted by Gasteiger charge is 2.08. The molecule has 0 unspecified atom stereocenters. The largest absolute Gasteiger partial charge is 0.381 e. The van der Waals surface area contributed by atoms with Gasteiger partial charge in [-0.15, -0.1) is 0 Å². The zero-order chi connectivity index (χ0) is 14.0. The van der Waals surface area contributed by atoms with Crippen LogP contribution in [0.4, 0.5) is 5.69 Å². The highest BCUT2D eigenvalue weighted by atomic mass is 16.1. The lowest BCUT2D eigenvalue weighted by Crippen LogP contribution is -2.02. The molecule has 2 rings (SSSR count). The number of aryl methyl sites for hydroxylation is 2. The Labute approximate surface area is 113 Å². The van der Waals surface area contributed by atoms with Crippen LogP contribution in [0.2, 0.25) is 0 Å². The van der Waals surface area contributed by atoms with Gasteiger partial charge in [-0.1, -0.05) is 0 Å². The number of benzene rings is 1. The number of aromatic nitrogens is 2. The number of hydrogen-bond donors (Lipinski definition) is 1. The number of anilines is 1. The summed E-state index contributed by atoms with van der Waals surface area (Å²) in [5.74, 6) is 0.0884. The minimum Gasteiger partial charge on any atom is -0.381 e. The highest BCUT2D eigenvalue weighted by Crippen LogP contribution is 2.15. The van der Waals surface area contributed by atoms with Crippen molar-refractivity contribution >= 4 is 11.5 Å². The van der Waals surface area contributed by atoms with Crippen LogP contribution in [0.25, 0.3) is 0 Å². The number of rotatable bonds is 4. The van der Waals surface area contributed by atoms with Crippen LogP contribution < -0.4 is 5.32 Å². The van der Waals surface area contributed by atoms with E-state index in [4.69, 9.17) is 0 Å². The Morgan fingerprint density at radius 3 is 2.37 bits per heavy atom. The Morgan fingerprint density at radius 1 is 1.26 bits per heavy atom. The molecule has 1 heterocycles. The standard InChI is InChI=1S/C15H19N3O/c1-10-15(11(2)18(4)17-10)9-16-14-7-5-13(6-8-14)12(3)19/h5-8,16H,9H2,1-4H3. The molecule has 0 fully saturated rings. The van der Waals surface area contributed by atoms with Crippen LogP contribution in [0, 0.1) is 13.8 Å². The van der Waals surface area contributed by atoms with Gasteiger partial charge in [0, 0.05) is 36.1 Å². The second-order valence-electron chi connectivity index (χ2n) is 4.76. The molecule has 0 atom stereocenters. The van der Waals surface area contributed by atoms with Gasteiger partial charge in [0.1, 0.15) is 0 Å². The maximum absolute atomic E-state index is 11.2. The van der Waals surface area contributed by atoms with E-state index in [0.29, 0.717) is 0 Å². The number of Topliss-reactive ketones (excluding diaryl/α,β-unsaturated/α-hetero) is 1. The first-order valence-electron chi connectivity index (χ1n) is 6.33. The van der Waals surface area contributed by atoms with Gasteiger partial charge in [0.2, 0.25) is 0 Å². The van der Waals surface area contributed by atoms with E-state index in [9.17, 15) is 4.79 Å². The molecule has 1 N–H and O–H groups in total. The smallest absolute Gasteiger partial charge is 0.159 e. The zero-order valence-corrected chi connectivity index (χ0v) is 11.8. The molecule has 0 amide bonds. The van der Waals surface area contributed by atoms with Crippen molar-refractivity contribution in [2.24, 2.45) is 7.05 Å². The average molecular weight is 257 g/mol. The lowest BCUT2D eigenvalue weighted by Gasteiger charge is -2.07. The van der Waals surface area contributed by atoms with Crippen LogP contribution in [-0.4, -0.2) is 15.6 Å². The van der Waals surface area contributed by atoms with Gasteiger partial charge in [0.15, 0.2) is 5.78 Å². The molecular formula is C15H19N3O. The topological polar surface area (TPSA) is 46.9 Å². The van der Waals surface area contributed by atoms with Crippen LogP contribution in [-0.2, 0) is 13.6 Å². The second kappa shape index (κ2) is 5.26. The van der Waals surface area contributed by atoms with Gasteiger partial charge in [-0.2, -0.15) is 5.10 Å². The van der Waals surface area contributed by atoms with Crippen molar-refractivity contribution in [3.05, 3.63) is 46.8 Å². The molecule has 100 valence electrons. The Bertz CT molecular complexity index is 597. The SMILES string of the molecule is CC(=O)c1ccc(NCc2c(C)nn(C)c2C)cc1. The fourth-order valence-electron chi connectivity index (χ4n) is 2.09. The summed E-state index contributed by atoms with van der Waals surface area (Å²) in [6, 6.07) is 7.54. The van der Waals surface area contributed by atoms with Crippen LogP contribution in [0.3, 0.4) is 0 Å². The number of nitrogens with one attached hydrogen (secondary N) is 1. The number of ketones is 1. The van der Waals surface area contributed by atoms with Gasteiger partial charge in [-0.25, -0.2) is 0 Å². The summed E-state index contributed by atoms with van der Waals surface area (Å²) in [7, 11) is 1.95. The second-order valence-corrected chi connectivity index (χ2v) is 4.76. The lowest BCUT2D eigenvalue weighted by atomic mass is 10.1. The number of carbonyl (C=O) groups is 1. The van der Waals surface area contributed by atoms with Gasteiger partial charge in [-0.05, 0) is 45.0 Å². The van der Waals surface area contributed by atoms with Crippen molar-refractivity contribution in [3.8, 4) is 0 Å². The minimum absolute atomic E-state index is 0.0884. The summed E-state index contributed by atoms with van der Waals surface area (Å²) in [6.07, 6.45) is 0. The van der Waals surface area contributed by atoms with Crippen LogP contribution in [0.1, 0.15) is 34.2 Å². The zero-order valence-electron chi connectivity index (χ0n) is 11.8. The Morgan fingerprint density at radius 2 is 1.89 bits per heavy atom. The molecule has 0 aliphatic carbocycles. The van der Waals surface area contributed by atoms with Crippen LogP contribution >= 0.6 is 0 Å². The normalized spacial score (nSPS) is 10.5. The molecule has 0 saturated carbocycles. The van der Waals surface area contributed by atoms with Crippen molar-refractivity contribution in [3.63, 3.8) is 0 Å². The van der Waals surface area contributed by atoms with E-state index in [1.54, 1.807) is 6.92 Å². The molecule has 0 spiro atoms. The monoisotopic (exact) mass is 257 g/mol. The van der Waals surface area contributed by atoms with E-state index in [1.165, 1.54) is 11.3 Å². The number of hydrogen-bond acceptors (Lipinski definition) is 3. The molecule has 2 aromatic rings. The van der Waals surface area contributed by atoms with E-state index in [-0.39, 0.29) is 5.78 Å². The first-order valence-corrected chi connectivity index (χ1v) is 6.33. The highest BCUT2D eigenvalue weighted by molar-refractivity contribution is 5.94. The average Bonchev–Trinajstić information content (AvgIpc) is 2.62. The van der Waals surface area contributed by atoms with Crippen LogP contribution in [0.5, 0.6) is 0 Å². The van der Waals surface area contributed by atoms with Gasteiger partial charge in [0.25, 0.3) is 0 Å². The van der Waals surface area contributed by atoms with Gasteiger partial charge >= 0.3 is 0 Å². The van der Waals surface area contributed by atoms with E-state index >= 15 is 0 Å². The lowest BCUT2D eigenvalue weighted by molar-refractivity contribution is 0.101. The minimum atomic E-state index is 0.0884. The molecule has 1 aromatic carbocycles. The summed E-state index contributed by atoms with van der Waals surface area (Å²) in [6.45, 7) is 6.40. The number of carbonyl (C=O) groups excluding carboxylic acids is 1. The Hall–Kier alpha value is -2.10. The van der Waals surface area contributed by atoms with Crippen molar-refractivity contribution < 1.29 is 4.79 Å². The molecule has 4 nitrogen and oxygen atoms in total. The van der Waals surface area contributed by atoms with Crippen molar-refractivity contribution in [2.45, 2.75) is 27.3 Å². The summed E-state index contributed by atoms with van der Waals surface area (Å²) in [5, 5.41) is 7.75. The third-order valence-electron chi connectivity index (χ3n) is 3.42. The van der Waals surface area contributed by atoms with Crippen LogP contribution in [0.15, 0.2) is 24.3 Å². The number of nitrogens with zero attached hydrogens (tertiary/aromatic N) is 2. The molecule has 0 aliphatic rings. The molecule has 0 bridgehead atoms. The molecule has 1 aromatic heterocycles. The maximum atomic E-state index is 11.2. The third-order valence-corrected chi connectivity index (χ3v) is 3.42. The summed E-state index contributed by atoms with van der Waals surface area (Å²) in [5.41, 5.74) is 5.18. The molecule has 0 radical (unpaired) electrons. The molecule has 0 aliphatic heterocycles. The maximum Gasteiger partial charge on any atom is 0.159 e. The fourth-order valence-corrected chi connectivity index (χ4v) is 2.09. The van der Waals surface area contributed by atoms with E-state index in [1.807, 2.05) is 42.9 Å². The van der Waals surface area contributed by atoms with Gasteiger partial charge in [0.05, 0.1) is 5.69 Å². The van der Waals surface area contributed by atoms with Gasteiger partial charge in [-0.3, -0.25) is 9.48 Å². The predicted octanol–water partition coefficient (Wildman–Crippen LogP) is 2.85. The first kappa shape index (κ1) is 13.3. The van der Waals surface area contributed by atoms with E-state index in [2.05, 4.69) is 17.3 Å². The molecule has 4 heteroatoms. The summed E-state index contributed by atoms with van der Waals surface area (Å²) < 4.78 is 1.89. The Kier molecular flexibility index (Phi) is 3.69. The summed E-state index contributed by atoms with van der Waals surface area (Å²) >= 11 is 0. The Balaban J connectivity index is 2.08. The van der Waals surface area contributed by atoms with Gasteiger partial charge < -0.3 is 5.32 Å². The quantitative estimate of drug-likeness (QED) is 0.857. The van der Waals surface area contributed by atoms with Crippen molar-refractivity contribution in [1.29, 1.82) is 0 Å². The van der Waals surface area contributed by atoms with Crippen molar-refractivity contribution in [1.82, 2.24) is 9.78 Å². The van der Waals surface area contributed by atoms with E-state index in [0.717, 1.165) is 23.5 Å². The molecule has 19 heavy (non-hydrogen) atoms. The third kappa shape index (κ3) is 2.84. The molecular weight excluding hydrogens is 238 g/mol. The predicted molar refractivity (Wildman–Crippen MR) is 76.5 cm³/mol. The van der Waals surface area contributed by atoms with E-state index < -0.39 is 0 Å². The fraction of sp³-hybridized carbons (Fsp3) is 0.333. The summed E-state index contributed by atoms with van der Waals surface area (Å²) in [4.78, 5) is 11.2.